The first-order chi connectivity index (χ1) is 11.1. The summed E-state index contributed by atoms with van der Waals surface area (Å²) in [4.78, 5) is 12.0. The van der Waals surface area contributed by atoms with Gasteiger partial charge in [0.1, 0.15) is 16.9 Å². The summed E-state index contributed by atoms with van der Waals surface area (Å²) in [5, 5.41) is -0.726. The molecule has 0 fully saturated rings. The van der Waals surface area contributed by atoms with Gasteiger partial charge in [-0.1, -0.05) is 0 Å². The van der Waals surface area contributed by atoms with Gasteiger partial charge in [-0.05, 0) is 76.8 Å². The highest BCUT2D eigenvalue weighted by Crippen LogP contribution is 2.44. The summed E-state index contributed by atoms with van der Waals surface area (Å²) < 4.78 is 33.7. The van der Waals surface area contributed by atoms with Crippen LogP contribution in [0.2, 0.25) is 0 Å². The van der Waals surface area contributed by atoms with Gasteiger partial charge in [0.15, 0.2) is 0 Å². The molecule has 0 unspecified atom stereocenters. The monoisotopic (exact) mass is 387 g/mol. The van der Waals surface area contributed by atoms with Gasteiger partial charge in [-0.3, -0.25) is 4.79 Å². The van der Waals surface area contributed by atoms with Crippen LogP contribution in [0.4, 0.5) is 0 Å². The van der Waals surface area contributed by atoms with Crippen molar-refractivity contribution in [3.05, 3.63) is 22.3 Å². The molecule has 140 valence electrons. The Labute approximate surface area is 155 Å². The molecule has 7 heteroatoms. The molecule has 0 saturated heterocycles. The van der Waals surface area contributed by atoms with Gasteiger partial charge < -0.3 is 4.74 Å². The van der Waals surface area contributed by atoms with Crippen LogP contribution in [0, 0.1) is 20.8 Å². The minimum Gasteiger partial charge on any atom is -0.487 e. The highest BCUT2D eigenvalue weighted by atomic mass is 35.5. The molecule has 1 heterocycles. The van der Waals surface area contributed by atoms with Gasteiger partial charge in [0.05, 0.1) is 4.90 Å². The third-order valence-electron chi connectivity index (χ3n) is 5.18. The summed E-state index contributed by atoms with van der Waals surface area (Å²) in [6.45, 7) is 12.4. The zero-order chi connectivity index (χ0) is 19.5. The molecule has 25 heavy (non-hydrogen) atoms. The van der Waals surface area contributed by atoms with Crippen LogP contribution in [0.3, 0.4) is 0 Å². The van der Waals surface area contributed by atoms with Gasteiger partial charge in [-0.15, -0.1) is 0 Å². The Bertz CT molecular complexity index is 857. The number of likely N-dealkylation sites (N-methyl/N-ethyl adjacent to an activating group) is 1. The van der Waals surface area contributed by atoms with Crippen molar-refractivity contribution < 1.29 is 17.9 Å². The Hall–Kier alpha value is -1.11. The number of halogens is 1. The number of hydrogen-bond acceptors (Lipinski definition) is 4. The molecule has 1 aromatic rings. The van der Waals surface area contributed by atoms with Crippen molar-refractivity contribution in [3.63, 3.8) is 0 Å². The van der Waals surface area contributed by atoms with E-state index in [4.69, 9.17) is 16.3 Å². The molecule has 0 N–H and O–H groups in total. The maximum absolute atomic E-state index is 13.3. The Balaban J connectivity index is 2.74. The maximum atomic E-state index is 13.3. The largest absolute Gasteiger partial charge is 0.487 e. The molecule has 0 aliphatic carbocycles. The second-order valence-electron chi connectivity index (χ2n) is 7.86. The number of sulfonamides is 1. The molecule has 0 amide bonds. The number of benzene rings is 1. The molecular formula is C18H26ClNO4S. The normalized spacial score (nSPS) is 16.7. The number of nitrogens with zero attached hydrogens (tertiary/aromatic N) is 1. The predicted octanol–water partition coefficient (Wildman–Crippen LogP) is 3.49. The number of ether oxygens (including phenoxy) is 1. The summed E-state index contributed by atoms with van der Waals surface area (Å²) in [6, 6.07) is 0. The van der Waals surface area contributed by atoms with Crippen LogP contribution in [0.1, 0.15) is 49.9 Å². The van der Waals surface area contributed by atoms with Crippen LogP contribution in [0.5, 0.6) is 5.75 Å². The minimum atomic E-state index is -3.91. The molecule has 1 aliphatic heterocycles. The summed E-state index contributed by atoms with van der Waals surface area (Å²) in [7, 11) is -2.53. The third kappa shape index (κ3) is 3.09. The van der Waals surface area contributed by atoms with Crippen LogP contribution in [0.25, 0.3) is 0 Å². The molecular weight excluding hydrogens is 362 g/mol. The van der Waals surface area contributed by atoms with Crippen molar-refractivity contribution in [2.24, 2.45) is 0 Å². The van der Waals surface area contributed by atoms with E-state index in [1.807, 2.05) is 20.8 Å². The van der Waals surface area contributed by atoms with E-state index >= 15 is 0 Å². The molecule has 0 atom stereocenters. The first-order valence-corrected chi connectivity index (χ1v) is 9.97. The predicted molar refractivity (Wildman–Crippen MR) is 99.0 cm³/mol. The van der Waals surface area contributed by atoms with Crippen molar-refractivity contribution in [2.45, 2.75) is 70.9 Å². The van der Waals surface area contributed by atoms with E-state index in [1.165, 1.54) is 20.9 Å². The van der Waals surface area contributed by atoms with Gasteiger partial charge in [-0.2, -0.15) is 4.31 Å². The second kappa shape index (κ2) is 5.96. The second-order valence-corrected chi connectivity index (χ2v) is 10.1. The molecule has 0 bridgehead atoms. The van der Waals surface area contributed by atoms with Gasteiger partial charge >= 0.3 is 0 Å². The van der Waals surface area contributed by atoms with E-state index in [9.17, 15) is 13.2 Å². The first kappa shape index (κ1) is 20.2. The standard InChI is InChI=1S/C18H26ClNO4S/c1-10-11(2)15(12(3)13-9-17(4,5)24-14(10)13)25(22,23)20(8)18(6,7)16(19)21/h9H2,1-8H3. The minimum absolute atomic E-state index is 0.235. The lowest BCUT2D eigenvalue weighted by atomic mass is 9.94. The number of hydrogen-bond donors (Lipinski definition) is 0. The Morgan fingerprint density at radius 3 is 2.16 bits per heavy atom. The van der Waals surface area contributed by atoms with Crippen molar-refractivity contribution in [1.29, 1.82) is 0 Å². The summed E-state index contributed by atoms with van der Waals surface area (Å²) in [6.07, 6.45) is 0.638. The van der Waals surface area contributed by atoms with Crippen LogP contribution in [0.15, 0.2) is 4.90 Å². The van der Waals surface area contributed by atoms with E-state index in [0.717, 1.165) is 21.2 Å². The van der Waals surface area contributed by atoms with Gasteiger partial charge in [0.25, 0.3) is 0 Å². The van der Waals surface area contributed by atoms with Gasteiger partial charge in [0, 0.05) is 19.0 Å². The molecule has 1 aliphatic rings. The SMILES string of the molecule is Cc1c(C)c(S(=O)(=O)N(C)C(C)(C)C(=O)Cl)c(C)c2c1OC(C)(C)C2. The van der Waals surface area contributed by atoms with E-state index < -0.39 is 20.8 Å². The molecule has 0 aromatic heterocycles. The topological polar surface area (TPSA) is 63.7 Å². The highest BCUT2D eigenvalue weighted by molar-refractivity contribution is 7.89. The molecule has 2 rings (SSSR count). The fourth-order valence-electron chi connectivity index (χ4n) is 3.19. The lowest BCUT2D eigenvalue weighted by Gasteiger charge is -2.32. The van der Waals surface area contributed by atoms with Crippen molar-refractivity contribution in [3.8, 4) is 5.75 Å². The van der Waals surface area contributed by atoms with Crippen LogP contribution < -0.4 is 4.74 Å². The lowest BCUT2D eigenvalue weighted by molar-refractivity contribution is -0.118. The molecule has 0 spiro atoms. The fourth-order valence-corrected chi connectivity index (χ4v) is 5.38. The van der Waals surface area contributed by atoms with E-state index in [1.54, 1.807) is 13.8 Å². The number of carbonyl (C=O) groups excluding carboxylic acids is 1. The quantitative estimate of drug-likeness (QED) is 0.742. The average molecular weight is 388 g/mol. The van der Waals surface area contributed by atoms with Crippen molar-refractivity contribution >= 4 is 26.9 Å². The van der Waals surface area contributed by atoms with Crippen LogP contribution in [-0.4, -0.2) is 36.2 Å². The zero-order valence-electron chi connectivity index (χ0n) is 16.1. The van der Waals surface area contributed by atoms with E-state index in [0.29, 0.717) is 17.5 Å². The van der Waals surface area contributed by atoms with Crippen molar-refractivity contribution in [2.75, 3.05) is 7.05 Å². The Kier molecular flexibility index (Phi) is 4.82. The average Bonchev–Trinajstić information content (AvgIpc) is 2.80. The Morgan fingerprint density at radius 2 is 1.68 bits per heavy atom. The molecule has 5 nitrogen and oxygen atoms in total. The first-order valence-electron chi connectivity index (χ1n) is 8.15. The molecule has 1 aromatic carbocycles. The van der Waals surface area contributed by atoms with E-state index in [2.05, 4.69) is 0 Å². The number of rotatable bonds is 4. The summed E-state index contributed by atoms with van der Waals surface area (Å²) >= 11 is 5.63. The molecule has 0 saturated carbocycles. The third-order valence-corrected chi connectivity index (χ3v) is 7.95. The smallest absolute Gasteiger partial charge is 0.244 e. The summed E-state index contributed by atoms with van der Waals surface area (Å²) in [5.74, 6) is 0.772. The highest BCUT2D eigenvalue weighted by Gasteiger charge is 2.42. The Morgan fingerprint density at radius 1 is 1.16 bits per heavy atom. The maximum Gasteiger partial charge on any atom is 0.244 e. The lowest BCUT2D eigenvalue weighted by Crippen LogP contribution is -2.49. The van der Waals surface area contributed by atoms with Crippen LogP contribution >= 0.6 is 11.6 Å². The number of fused-ring (bicyclic) bond motifs is 1. The van der Waals surface area contributed by atoms with Crippen molar-refractivity contribution in [1.82, 2.24) is 4.31 Å². The number of carbonyl (C=O) groups is 1. The zero-order valence-corrected chi connectivity index (χ0v) is 17.6. The van der Waals surface area contributed by atoms with E-state index in [-0.39, 0.29) is 10.5 Å². The fraction of sp³-hybridized carbons (Fsp3) is 0.611. The van der Waals surface area contributed by atoms with Gasteiger partial charge in [-0.25, -0.2) is 8.42 Å². The summed E-state index contributed by atoms with van der Waals surface area (Å²) in [5.41, 5.74) is 1.32. The van der Waals surface area contributed by atoms with Gasteiger partial charge in [0.2, 0.25) is 15.3 Å². The van der Waals surface area contributed by atoms with Crippen LogP contribution in [-0.2, 0) is 21.2 Å². The molecule has 0 radical (unpaired) electrons.